The van der Waals surface area contributed by atoms with Gasteiger partial charge in [0.05, 0.1) is 12.1 Å². The van der Waals surface area contributed by atoms with Gasteiger partial charge in [0.1, 0.15) is 0 Å². The molecule has 0 aliphatic carbocycles. The lowest BCUT2D eigenvalue weighted by Gasteiger charge is -2.35. The number of benzene rings is 1. The molecule has 1 aliphatic heterocycles. The predicted octanol–water partition coefficient (Wildman–Crippen LogP) is 3.62. The van der Waals surface area contributed by atoms with Crippen LogP contribution in [0.3, 0.4) is 0 Å². The average molecular weight is 354 g/mol. The molecule has 2 heterocycles. The molecular formula is C19H21FN5O. The normalized spacial score (nSPS) is 14.7. The molecular weight excluding hydrogens is 333 g/mol. The first-order chi connectivity index (χ1) is 12.4. The molecule has 0 atom stereocenters. The van der Waals surface area contributed by atoms with Crippen LogP contribution in [0.4, 0.5) is 9.18 Å². The monoisotopic (exact) mass is 354 g/mol. The van der Waals surface area contributed by atoms with Crippen molar-refractivity contribution in [3.05, 3.63) is 54.1 Å². The first-order valence-electron chi connectivity index (χ1n) is 8.52. The van der Waals surface area contributed by atoms with Gasteiger partial charge >= 0.3 is 6.03 Å². The molecule has 6 nitrogen and oxygen atoms in total. The smallest absolute Gasteiger partial charge is 0.244 e. The Hall–Kier alpha value is -2.96. The maximum absolute atomic E-state index is 13.0. The molecule has 0 bridgehead atoms. The Balaban J connectivity index is 1.91. The quantitative estimate of drug-likeness (QED) is 0.787. The second-order valence-corrected chi connectivity index (χ2v) is 6.63. The van der Waals surface area contributed by atoms with E-state index in [2.05, 4.69) is 15.5 Å². The number of hydrogen-bond acceptors (Lipinski definition) is 3. The topological polar surface area (TPSA) is 62.9 Å². The van der Waals surface area contributed by atoms with Crippen LogP contribution in [-0.4, -0.2) is 39.0 Å². The molecule has 0 saturated carbocycles. The minimum absolute atomic E-state index is 0.0705. The van der Waals surface area contributed by atoms with Crippen molar-refractivity contribution in [2.45, 2.75) is 39.8 Å². The number of amides is 2. The molecule has 0 saturated heterocycles. The molecule has 0 unspecified atom stereocenters. The number of hydrazone groups is 1. The summed E-state index contributed by atoms with van der Waals surface area (Å²) in [5, 5.41) is 7.30. The third-order valence-electron chi connectivity index (χ3n) is 3.98. The van der Waals surface area contributed by atoms with E-state index in [1.807, 2.05) is 52.0 Å². The number of nitrogens with zero attached hydrogens (tertiary/aromatic N) is 5. The number of pyridine rings is 1. The van der Waals surface area contributed by atoms with Crippen LogP contribution in [0.25, 0.3) is 11.1 Å². The fourth-order valence-corrected chi connectivity index (χ4v) is 2.56. The van der Waals surface area contributed by atoms with Crippen LogP contribution in [0.2, 0.25) is 0 Å². The molecule has 26 heavy (non-hydrogen) atoms. The van der Waals surface area contributed by atoms with Crippen LogP contribution < -0.4 is 5.43 Å². The Kier molecular flexibility index (Phi) is 4.88. The summed E-state index contributed by atoms with van der Waals surface area (Å²) >= 11 is 0. The minimum atomic E-state index is -0.507. The van der Waals surface area contributed by atoms with Gasteiger partial charge in [-0.05, 0) is 45.4 Å². The van der Waals surface area contributed by atoms with Crippen molar-refractivity contribution in [3.8, 4) is 11.1 Å². The largest absolute Gasteiger partial charge is 0.361 e. The molecule has 3 rings (SSSR count). The number of halogens is 1. The Morgan fingerprint density at radius 2 is 1.42 bits per heavy atom. The summed E-state index contributed by atoms with van der Waals surface area (Å²) in [5.74, 6) is -0.0243. The van der Waals surface area contributed by atoms with Crippen LogP contribution in [0.1, 0.15) is 33.3 Å². The summed E-state index contributed by atoms with van der Waals surface area (Å²) in [6, 6.07) is 10.2. The summed E-state index contributed by atoms with van der Waals surface area (Å²) in [5.41, 5.74) is 6.94. The number of aromatic nitrogens is 1. The van der Waals surface area contributed by atoms with Gasteiger partial charge in [-0.25, -0.2) is 19.8 Å². The zero-order chi connectivity index (χ0) is 18.8. The lowest BCUT2D eigenvalue weighted by Crippen LogP contribution is -2.56. The standard InChI is InChI=1S/C19H21FN5O/c1-12(2)24-19(26)25(13(3)4)23-18(22-24)15-7-5-14(6-8-15)16-9-10-17(20)21-11-16/h5-13H,1-4H3. The second kappa shape index (κ2) is 7.11. The van der Waals surface area contributed by atoms with Crippen molar-refractivity contribution in [1.82, 2.24) is 20.4 Å². The first kappa shape index (κ1) is 17.8. The maximum atomic E-state index is 13.0. The van der Waals surface area contributed by atoms with Crippen LogP contribution >= 0.6 is 0 Å². The highest BCUT2D eigenvalue weighted by atomic mass is 19.1. The molecule has 1 radical (unpaired) electrons. The number of amidine groups is 1. The van der Waals surface area contributed by atoms with Gasteiger partial charge in [-0.3, -0.25) is 0 Å². The third kappa shape index (κ3) is 3.51. The number of carbonyl (C=O) groups is 1. The van der Waals surface area contributed by atoms with Crippen molar-refractivity contribution in [1.29, 1.82) is 0 Å². The first-order valence-corrected chi connectivity index (χ1v) is 8.52. The van der Waals surface area contributed by atoms with Gasteiger partial charge in [-0.1, -0.05) is 24.3 Å². The average Bonchev–Trinajstić information content (AvgIpc) is 2.62. The van der Waals surface area contributed by atoms with Gasteiger partial charge in [-0.15, -0.1) is 10.5 Å². The summed E-state index contributed by atoms with van der Waals surface area (Å²) in [6.07, 6.45) is 1.49. The lowest BCUT2D eigenvalue weighted by molar-refractivity contribution is 0.104. The van der Waals surface area contributed by atoms with E-state index < -0.39 is 5.95 Å². The highest BCUT2D eigenvalue weighted by Gasteiger charge is 2.33. The Bertz CT molecular complexity index is 815. The number of rotatable bonds is 4. The van der Waals surface area contributed by atoms with Crippen molar-refractivity contribution >= 4 is 11.9 Å². The van der Waals surface area contributed by atoms with Crippen molar-refractivity contribution in [2.75, 3.05) is 0 Å². The highest BCUT2D eigenvalue weighted by Crippen LogP contribution is 2.21. The SMILES string of the molecule is CC(C)N1[N]C(c2ccc(-c3ccc(F)nc3)cc2)=NN(C(C)C)C1=O. The fourth-order valence-electron chi connectivity index (χ4n) is 2.56. The van der Waals surface area contributed by atoms with Crippen molar-refractivity contribution < 1.29 is 9.18 Å². The zero-order valence-electron chi connectivity index (χ0n) is 15.2. The molecule has 2 amide bonds. The molecule has 0 fully saturated rings. The van der Waals surface area contributed by atoms with E-state index in [0.717, 1.165) is 16.7 Å². The van der Waals surface area contributed by atoms with E-state index in [9.17, 15) is 9.18 Å². The van der Waals surface area contributed by atoms with E-state index in [0.29, 0.717) is 5.84 Å². The summed E-state index contributed by atoms with van der Waals surface area (Å²) < 4.78 is 13.0. The van der Waals surface area contributed by atoms with E-state index in [-0.39, 0.29) is 18.1 Å². The van der Waals surface area contributed by atoms with E-state index in [1.54, 1.807) is 6.07 Å². The fraction of sp³-hybridized carbons (Fsp3) is 0.316. The minimum Gasteiger partial charge on any atom is -0.244 e. The van der Waals surface area contributed by atoms with Crippen LogP contribution in [0, 0.1) is 5.95 Å². The zero-order valence-corrected chi connectivity index (χ0v) is 15.2. The number of carbonyl (C=O) groups excluding carboxylic acids is 1. The summed E-state index contributed by atoms with van der Waals surface area (Å²) in [4.78, 5) is 16.1. The van der Waals surface area contributed by atoms with E-state index in [1.165, 1.54) is 22.3 Å². The Morgan fingerprint density at radius 1 is 0.846 bits per heavy atom. The summed E-state index contributed by atoms with van der Waals surface area (Å²) in [7, 11) is 0. The lowest BCUT2D eigenvalue weighted by atomic mass is 10.1. The molecule has 1 aliphatic rings. The van der Waals surface area contributed by atoms with Crippen molar-refractivity contribution in [2.24, 2.45) is 5.10 Å². The van der Waals surface area contributed by atoms with Gasteiger partial charge in [0.15, 0.2) is 5.84 Å². The Morgan fingerprint density at radius 3 is 1.96 bits per heavy atom. The van der Waals surface area contributed by atoms with Crippen molar-refractivity contribution in [3.63, 3.8) is 0 Å². The van der Waals surface area contributed by atoms with Gasteiger partial charge in [0.2, 0.25) is 5.95 Å². The Labute approximate surface area is 152 Å². The van der Waals surface area contributed by atoms with Crippen LogP contribution in [-0.2, 0) is 0 Å². The number of urea groups is 1. The van der Waals surface area contributed by atoms with Gasteiger partial charge in [0.25, 0.3) is 0 Å². The molecule has 1 aromatic carbocycles. The number of hydrogen-bond donors (Lipinski definition) is 0. The van der Waals surface area contributed by atoms with E-state index in [4.69, 9.17) is 0 Å². The predicted molar refractivity (Wildman–Crippen MR) is 97.6 cm³/mol. The van der Waals surface area contributed by atoms with Gasteiger partial charge < -0.3 is 0 Å². The second-order valence-electron chi connectivity index (χ2n) is 6.63. The molecule has 1 aromatic heterocycles. The summed E-state index contributed by atoms with van der Waals surface area (Å²) in [6.45, 7) is 7.64. The molecule has 0 spiro atoms. The maximum Gasteiger partial charge on any atom is 0.361 e. The van der Waals surface area contributed by atoms with E-state index >= 15 is 0 Å². The van der Waals surface area contributed by atoms with Crippen LogP contribution in [0.15, 0.2) is 47.7 Å². The highest BCUT2D eigenvalue weighted by molar-refractivity contribution is 6.01. The molecule has 0 N–H and O–H groups in total. The van der Waals surface area contributed by atoms with Crippen LogP contribution in [0.5, 0.6) is 0 Å². The molecule has 135 valence electrons. The third-order valence-corrected chi connectivity index (χ3v) is 3.98. The molecule has 2 aromatic rings. The van der Waals surface area contributed by atoms with Gasteiger partial charge in [-0.2, -0.15) is 4.39 Å². The molecule has 7 heteroatoms. The van der Waals surface area contributed by atoms with Gasteiger partial charge in [0, 0.05) is 17.3 Å².